The van der Waals surface area contributed by atoms with Crippen LogP contribution in [0.1, 0.15) is 17.0 Å². The molecule has 23 heavy (non-hydrogen) atoms. The van der Waals surface area contributed by atoms with Gasteiger partial charge in [0.05, 0.1) is 11.0 Å². The fourth-order valence-corrected chi connectivity index (χ4v) is 2.61. The normalized spacial score (nSPS) is 11.0. The highest BCUT2D eigenvalue weighted by Crippen LogP contribution is 2.20. The summed E-state index contributed by atoms with van der Waals surface area (Å²) in [7, 11) is 0. The zero-order valence-corrected chi connectivity index (χ0v) is 13.4. The van der Waals surface area contributed by atoms with Crippen LogP contribution in [0.15, 0.2) is 36.4 Å². The number of amides is 1. The van der Waals surface area contributed by atoms with Gasteiger partial charge in [-0.2, -0.15) is 0 Å². The van der Waals surface area contributed by atoms with Gasteiger partial charge in [-0.25, -0.2) is 9.37 Å². The Morgan fingerprint density at radius 3 is 2.65 bits per heavy atom. The Balaban J connectivity index is 1.87. The molecule has 0 aliphatic heterocycles. The average molecular weight is 311 g/mol. The zero-order chi connectivity index (χ0) is 16.6. The maximum atomic E-state index is 13.2. The number of imidazole rings is 1. The summed E-state index contributed by atoms with van der Waals surface area (Å²) in [4.78, 5) is 16.8. The highest BCUT2D eigenvalue weighted by atomic mass is 19.1. The van der Waals surface area contributed by atoms with Crippen LogP contribution in [-0.2, 0) is 11.3 Å². The van der Waals surface area contributed by atoms with E-state index in [4.69, 9.17) is 0 Å². The van der Waals surface area contributed by atoms with Crippen LogP contribution in [0.3, 0.4) is 0 Å². The van der Waals surface area contributed by atoms with Gasteiger partial charge >= 0.3 is 0 Å². The maximum absolute atomic E-state index is 13.2. The summed E-state index contributed by atoms with van der Waals surface area (Å²) < 4.78 is 15.1. The Morgan fingerprint density at radius 2 is 1.91 bits per heavy atom. The van der Waals surface area contributed by atoms with Crippen molar-refractivity contribution in [3.8, 4) is 0 Å². The minimum absolute atomic E-state index is 0.140. The standard InChI is InChI=1S/C18H18FN3O/c1-11-7-16-17(8-12(11)2)22(13(3)20-16)10-18(23)21-15-6-4-5-14(19)9-15/h4-9H,10H2,1-3H3,(H,21,23). The van der Waals surface area contributed by atoms with Crippen molar-refractivity contribution in [3.05, 3.63) is 59.2 Å². The number of aryl methyl sites for hydroxylation is 3. The summed E-state index contributed by atoms with van der Waals surface area (Å²) >= 11 is 0. The van der Waals surface area contributed by atoms with Gasteiger partial charge in [-0.05, 0) is 62.2 Å². The van der Waals surface area contributed by atoms with Crippen molar-refractivity contribution >= 4 is 22.6 Å². The number of nitrogens with one attached hydrogen (secondary N) is 1. The molecule has 118 valence electrons. The number of benzene rings is 2. The average Bonchev–Trinajstić information content (AvgIpc) is 2.75. The topological polar surface area (TPSA) is 46.9 Å². The Labute approximate surface area is 134 Å². The molecule has 0 aliphatic rings. The van der Waals surface area contributed by atoms with Crippen molar-refractivity contribution in [3.63, 3.8) is 0 Å². The molecule has 3 rings (SSSR count). The monoisotopic (exact) mass is 311 g/mol. The minimum atomic E-state index is -0.377. The zero-order valence-electron chi connectivity index (χ0n) is 13.4. The molecule has 0 atom stereocenters. The Morgan fingerprint density at radius 1 is 1.17 bits per heavy atom. The van der Waals surface area contributed by atoms with Gasteiger partial charge in [0, 0.05) is 5.69 Å². The number of anilines is 1. The van der Waals surface area contributed by atoms with Crippen LogP contribution in [0.4, 0.5) is 10.1 Å². The second-order valence-corrected chi connectivity index (χ2v) is 5.73. The number of hydrogen-bond donors (Lipinski definition) is 1. The number of aromatic nitrogens is 2. The first-order chi connectivity index (χ1) is 10.9. The van der Waals surface area contributed by atoms with Crippen molar-refractivity contribution in [2.24, 2.45) is 0 Å². The lowest BCUT2D eigenvalue weighted by molar-refractivity contribution is -0.116. The van der Waals surface area contributed by atoms with E-state index in [1.807, 2.05) is 37.5 Å². The molecular weight excluding hydrogens is 293 g/mol. The predicted molar refractivity (Wildman–Crippen MR) is 89.0 cm³/mol. The van der Waals surface area contributed by atoms with E-state index in [-0.39, 0.29) is 18.3 Å². The second kappa shape index (κ2) is 5.83. The minimum Gasteiger partial charge on any atom is -0.324 e. The van der Waals surface area contributed by atoms with E-state index in [0.29, 0.717) is 5.69 Å². The van der Waals surface area contributed by atoms with Crippen LogP contribution in [0, 0.1) is 26.6 Å². The molecule has 1 N–H and O–H groups in total. The summed E-state index contributed by atoms with van der Waals surface area (Å²) in [6.07, 6.45) is 0. The van der Waals surface area contributed by atoms with E-state index >= 15 is 0 Å². The number of carbonyl (C=O) groups excluding carboxylic acids is 1. The summed E-state index contributed by atoms with van der Waals surface area (Å²) in [5, 5.41) is 2.71. The highest BCUT2D eigenvalue weighted by Gasteiger charge is 2.12. The van der Waals surface area contributed by atoms with Crippen molar-refractivity contribution in [2.75, 3.05) is 5.32 Å². The molecule has 0 fully saturated rings. The van der Waals surface area contributed by atoms with Crippen LogP contribution >= 0.6 is 0 Å². The summed E-state index contributed by atoms with van der Waals surface area (Å²) in [5.74, 6) is 0.189. The molecule has 4 nitrogen and oxygen atoms in total. The van der Waals surface area contributed by atoms with Crippen LogP contribution in [0.25, 0.3) is 11.0 Å². The molecule has 2 aromatic carbocycles. The molecule has 0 unspecified atom stereocenters. The van der Waals surface area contributed by atoms with E-state index in [9.17, 15) is 9.18 Å². The van der Waals surface area contributed by atoms with E-state index in [1.165, 1.54) is 17.7 Å². The first kappa shape index (κ1) is 15.2. The maximum Gasteiger partial charge on any atom is 0.244 e. The Bertz CT molecular complexity index is 899. The van der Waals surface area contributed by atoms with Crippen molar-refractivity contribution in [2.45, 2.75) is 27.3 Å². The first-order valence-electron chi connectivity index (χ1n) is 7.43. The largest absolute Gasteiger partial charge is 0.324 e. The molecule has 0 aliphatic carbocycles. The number of fused-ring (bicyclic) bond motifs is 1. The molecule has 0 radical (unpaired) electrons. The van der Waals surface area contributed by atoms with Gasteiger partial charge in [-0.1, -0.05) is 6.07 Å². The van der Waals surface area contributed by atoms with Gasteiger partial charge in [0.1, 0.15) is 18.2 Å². The predicted octanol–water partition coefficient (Wildman–Crippen LogP) is 3.74. The third kappa shape index (κ3) is 3.08. The second-order valence-electron chi connectivity index (χ2n) is 5.73. The smallest absolute Gasteiger partial charge is 0.244 e. The Hall–Kier alpha value is -2.69. The lowest BCUT2D eigenvalue weighted by Crippen LogP contribution is -2.19. The molecule has 3 aromatic rings. The molecule has 5 heteroatoms. The van der Waals surface area contributed by atoms with Crippen molar-refractivity contribution in [1.29, 1.82) is 0 Å². The fourth-order valence-electron chi connectivity index (χ4n) is 2.61. The van der Waals surface area contributed by atoms with Gasteiger partial charge in [-0.3, -0.25) is 4.79 Å². The quantitative estimate of drug-likeness (QED) is 0.801. The third-order valence-corrected chi connectivity index (χ3v) is 3.96. The number of hydrogen-bond acceptors (Lipinski definition) is 2. The van der Waals surface area contributed by atoms with Crippen LogP contribution in [0.5, 0.6) is 0 Å². The summed E-state index contributed by atoms with van der Waals surface area (Å²) in [6.45, 7) is 6.09. The SMILES string of the molecule is Cc1cc2nc(C)n(CC(=O)Nc3cccc(F)c3)c2cc1C. The first-order valence-corrected chi connectivity index (χ1v) is 7.43. The highest BCUT2D eigenvalue weighted by molar-refractivity contribution is 5.91. The van der Waals surface area contributed by atoms with Crippen LogP contribution in [-0.4, -0.2) is 15.5 Å². The molecule has 0 bridgehead atoms. The molecule has 0 saturated carbocycles. The van der Waals surface area contributed by atoms with Gasteiger partial charge in [-0.15, -0.1) is 0 Å². The number of halogens is 1. The van der Waals surface area contributed by atoms with E-state index in [2.05, 4.69) is 10.3 Å². The van der Waals surface area contributed by atoms with Crippen molar-refractivity contribution in [1.82, 2.24) is 9.55 Å². The van der Waals surface area contributed by atoms with E-state index in [0.717, 1.165) is 22.4 Å². The molecule has 1 amide bonds. The lowest BCUT2D eigenvalue weighted by atomic mass is 10.1. The molecule has 0 spiro atoms. The molecule has 1 heterocycles. The summed E-state index contributed by atoms with van der Waals surface area (Å²) in [6, 6.07) is 9.93. The van der Waals surface area contributed by atoms with E-state index in [1.54, 1.807) is 12.1 Å². The number of carbonyl (C=O) groups is 1. The van der Waals surface area contributed by atoms with E-state index < -0.39 is 0 Å². The third-order valence-electron chi connectivity index (χ3n) is 3.96. The van der Waals surface area contributed by atoms with Gasteiger partial charge in [0.15, 0.2) is 0 Å². The summed E-state index contributed by atoms with van der Waals surface area (Å²) in [5.41, 5.74) is 4.59. The van der Waals surface area contributed by atoms with Gasteiger partial charge in [0.25, 0.3) is 0 Å². The number of rotatable bonds is 3. The Kier molecular flexibility index (Phi) is 3.86. The van der Waals surface area contributed by atoms with Gasteiger partial charge < -0.3 is 9.88 Å². The molecular formula is C18H18FN3O. The fraction of sp³-hybridized carbons (Fsp3) is 0.222. The van der Waals surface area contributed by atoms with Crippen molar-refractivity contribution < 1.29 is 9.18 Å². The number of nitrogens with zero attached hydrogens (tertiary/aromatic N) is 2. The molecule has 0 saturated heterocycles. The lowest BCUT2D eigenvalue weighted by Gasteiger charge is -2.09. The van der Waals surface area contributed by atoms with Crippen LogP contribution in [0.2, 0.25) is 0 Å². The van der Waals surface area contributed by atoms with Gasteiger partial charge in [0.2, 0.25) is 5.91 Å². The molecule has 1 aromatic heterocycles. The van der Waals surface area contributed by atoms with Crippen LogP contribution < -0.4 is 5.32 Å².